The van der Waals surface area contributed by atoms with Crippen LogP contribution in [0.25, 0.3) is 0 Å². The van der Waals surface area contributed by atoms with Crippen molar-refractivity contribution in [3.05, 3.63) is 17.5 Å². The van der Waals surface area contributed by atoms with Gasteiger partial charge in [0.15, 0.2) is 0 Å². The summed E-state index contributed by atoms with van der Waals surface area (Å²) in [6.07, 6.45) is 4.98. The summed E-state index contributed by atoms with van der Waals surface area (Å²) >= 11 is 2.15. The monoisotopic (exact) mass is 295 g/mol. The molecular formula is C16H29N3S. The molecule has 2 atom stereocenters. The van der Waals surface area contributed by atoms with E-state index in [1.54, 1.807) is 0 Å². The lowest BCUT2D eigenvalue weighted by atomic mass is 9.92. The summed E-state index contributed by atoms with van der Waals surface area (Å²) in [7, 11) is 0. The second-order valence-corrected chi connectivity index (χ2v) is 7.70. The molecule has 114 valence electrons. The molecule has 3 nitrogen and oxygen atoms in total. The van der Waals surface area contributed by atoms with Crippen molar-refractivity contribution >= 4 is 11.8 Å². The van der Waals surface area contributed by atoms with E-state index in [0.717, 1.165) is 25.2 Å². The third-order valence-electron chi connectivity index (χ3n) is 4.33. The summed E-state index contributed by atoms with van der Waals surface area (Å²) in [6, 6.07) is 2.81. The van der Waals surface area contributed by atoms with Crippen molar-refractivity contribution in [2.75, 3.05) is 12.3 Å². The van der Waals surface area contributed by atoms with Crippen molar-refractivity contribution in [1.29, 1.82) is 0 Å². The predicted octanol–water partition coefficient (Wildman–Crippen LogP) is 3.41. The van der Waals surface area contributed by atoms with E-state index in [-0.39, 0.29) is 0 Å². The molecule has 1 saturated heterocycles. The number of hydrogen-bond acceptors (Lipinski definition) is 3. The zero-order valence-corrected chi connectivity index (χ0v) is 14.2. The summed E-state index contributed by atoms with van der Waals surface area (Å²) < 4.78 is 2.55. The lowest BCUT2D eigenvalue weighted by Crippen LogP contribution is -2.47. The average Bonchev–Trinajstić information content (AvgIpc) is 3.01. The molecule has 2 rings (SSSR count). The van der Waals surface area contributed by atoms with E-state index >= 15 is 0 Å². The van der Waals surface area contributed by atoms with Crippen molar-refractivity contribution in [2.45, 2.75) is 70.7 Å². The van der Waals surface area contributed by atoms with Crippen molar-refractivity contribution in [1.82, 2.24) is 15.1 Å². The normalized spacial score (nSPS) is 24.2. The standard InChI is InChI=1S/C16H29N3S/c1-5-9-17-15(16(4)8-7-10-20-16)12-14-11-13(3)18-19(14)6-2/h11,15,17H,5-10,12H2,1-4H3. The number of rotatable bonds is 7. The first-order chi connectivity index (χ1) is 9.59. The van der Waals surface area contributed by atoms with Gasteiger partial charge in [0, 0.05) is 29.4 Å². The Balaban J connectivity index is 2.14. The maximum atomic E-state index is 4.59. The van der Waals surface area contributed by atoms with Crippen LogP contribution in [-0.4, -0.2) is 32.9 Å². The van der Waals surface area contributed by atoms with E-state index in [4.69, 9.17) is 0 Å². The van der Waals surface area contributed by atoms with Gasteiger partial charge in [-0.05, 0) is 58.4 Å². The van der Waals surface area contributed by atoms with E-state index in [9.17, 15) is 0 Å². The van der Waals surface area contributed by atoms with Crippen LogP contribution >= 0.6 is 11.8 Å². The van der Waals surface area contributed by atoms with E-state index in [1.165, 1.54) is 30.7 Å². The quantitative estimate of drug-likeness (QED) is 0.836. The van der Waals surface area contributed by atoms with Crippen molar-refractivity contribution in [3.8, 4) is 0 Å². The van der Waals surface area contributed by atoms with E-state index in [2.05, 4.69) is 60.6 Å². The molecule has 1 aliphatic rings. The maximum absolute atomic E-state index is 4.59. The summed E-state index contributed by atoms with van der Waals surface area (Å²) in [5.41, 5.74) is 2.52. The second kappa shape index (κ2) is 6.99. The predicted molar refractivity (Wildman–Crippen MR) is 88.5 cm³/mol. The van der Waals surface area contributed by atoms with Gasteiger partial charge in [-0.25, -0.2) is 0 Å². The van der Waals surface area contributed by atoms with Crippen molar-refractivity contribution in [2.24, 2.45) is 0 Å². The molecule has 0 aliphatic carbocycles. The Hall–Kier alpha value is -0.480. The summed E-state index contributed by atoms with van der Waals surface area (Å²) in [4.78, 5) is 0. The zero-order valence-electron chi connectivity index (χ0n) is 13.4. The first kappa shape index (κ1) is 15.9. The molecule has 1 aromatic rings. The summed E-state index contributed by atoms with van der Waals surface area (Å²) in [6.45, 7) is 11.0. The molecule has 0 radical (unpaired) electrons. The number of nitrogens with one attached hydrogen (secondary N) is 1. The lowest BCUT2D eigenvalue weighted by molar-refractivity contribution is 0.390. The number of hydrogen-bond donors (Lipinski definition) is 1. The van der Waals surface area contributed by atoms with Gasteiger partial charge in [0.25, 0.3) is 0 Å². The number of nitrogens with zero attached hydrogens (tertiary/aromatic N) is 2. The fourth-order valence-electron chi connectivity index (χ4n) is 3.14. The maximum Gasteiger partial charge on any atom is 0.0596 e. The van der Waals surface area contributed by atoms with Gasteiger partial charge in [-0.2, -0.15) is 16.9 Å². The summed E-state index contributed by atoms with van der Waals surface area (Å²) in [5, 5.41) is 8.39. The Morgan fingerprint density at radius 3 is 2.90 bits per heavy atom. The van der Waals surface area contributed by atoms with Crippen LogP contribution in [0.15, 0.2) is 6.07 Å². The van der Waals surface area contributed by atoms with Gasteiger partial charge < -0.3 is 5.32 Å². The Morgan fingerprint density at radius 2 is 2.30 bits per heavy atom. The Bertz CT molecular complexity index is 421. The number of thioether (sulfide) groups is 1. The minimum absolute atomic E-state index is 0.381. The van der Waals surface area contributed by atoms with Gasteiger partial charge in [-0.1, -0.05) is 6.92 Å². The zero-order chi connectivity index (χ0) is 14.6. The minimum Gasteiger partial charge on any atom is -0.312 e. The van der Waals surface area contributed by atoms with Crippen LogP contribution in [0.3, 0.4) is 0 Å². The van der Waals surface area contributed by atoms with Crippen molar-refractivity contribution < 1.29 is 0 Å². The van der Waals surface area contributed by atoms with Gasteiger partial charge in [0.2, 0.25) is 0 Å². The van der Waals surface area contributed by atoms with Crippen LogP contribution in [-0.2, 0) is 13.0 Å². The highest BCUT2D eigenvalue weighted by Crippen LogP contribution is 2.41. The molecule has 1 aliphatic heterocycles. The second-order valence-electron chi connectivity index (χ2n) is 6.07. The molecule has 1 aromatic heterocycles. The van der Waals surface area contributed by atoms with Gasteiger partial charge in [0.1, 0.15) is 0 Å². The van der Waals surface area contributed by atoms with E-state index in [1.807, 2.05) is 0 Å². The molecule has 0 bridgehead atoms. The Morgan fingerprint density at radius 1 is 1.50 bits per heavy atom. The molecule has 0 aromatic carbocycles. The molecule has 20 heavy (non-hydrogen) atoms. The SMILES string of the molecule is CCCNC(Cc1cc(C)nn1CC)C1(C)CCCS1. The lowest BCUT2D eigenvalue weighted by Gasteiger charge is -2.34. The van der Waals surface area contributed by atoms with Crippen molar-refractivity contribution in [3.63, 3.8) is 0 Å². The fourth-order valence-corrected chi connectivity index (χ4v) is 4.56. The molecule has 0 saturated carbocycles. The van der Waals surface area contributed by atoms with Crippen LogP contribution in [0.1, 0.15) is 51.4 Å². The highest BCUT2D eigenvalue weighted by molar-refractivity contribution is 8.00. The smallest absolute Gasteiger partial charge is 0.0596 e. The third kappa shape index (κ3) is 3.59. The van der Waals surface area contributed by atoms with E-state index in [0.29, 0.717) is 10.8 Å². The van der Waals surface area contributed by atoms with Crippen LogP contribution in [0.4, 0.5) is 0 Å². The van der Waals surface area contributed by atoms with Gasteiger partial charge in [-0.3, -0.25) is 4.68 Å². The van der Waals surface area contributed by atoms with Crippen LogP contribution in [0.2, 0.25) is 0 Å². The number of aromatic nitrogens is 2. The first-order valence-corrected chi connectivity index (χ1v) is 8.98. The molecule has 0 spiro atoms. The first-order valence-electron chi connectivity index (χ1n) is 7.99. The van der Waals surface area contributed by atoms with Crippen LogP contribution < -0.4 is 5.32 Å². The minimum atomic E-state index is 0.381. The Labute approximate surface area is 127 Å². The molecule has 1 fully saturated rings. The molecule has 2 unspecified atom stereocenters. The number of aryl methyl sites for hydroxylation is 2. The van der Waals surface area contributed by atoms with E-state index < -0.39 is 0 Å². The fraction of sp³-hybridized carbons (Fsp3) is 0.812. The highest BCUT2D eigenvalue weighted by atomic mass is 32.2. The molecular weight excluding hydrogens is 266 g/mol. The molecule has 4 heteroatoms. The largest absolute Gasteiger partial charge is 0.312 e. The highest BCUT2D eigenvalue weighted by Gasteiger charge is 2.37. The molecule has 2 heterocycles. The molecule has 0 amide bonds. The summed E-state index contributed by atoms with van der Waals surface area (Å²) in [5.74, 6) is 1.31. The topological polar surface area (TPSA) is 29.9 Å². The average molecular weight is 295 g/mol. The molecule has 1 N–H and O–H groups in total. The van der Waals surface area contributed by atoms with Crippen LogP contribution in [0, 0.1) is 6.92 Å². The van der Waals surface area contributed by atoms with Gasteiger partial charge in [-0.15, -0.1) is 0 Å². The van der Waals surface area contributed by atoms with Crippen LogP contribution in [0.5, 0.6) is 0 Å². The van der Waals surface area contributed by atoms with Gasteiger partial charge in [0.05, 0.1) is 5.69 Å². The third-order valence-corrected chi connectivity index (χ3v) is 5.97. The van der Waals surface area contributed by atoms with Gasteiger partial charge >= 0.3 is 0 Å². The Kier molecular flexibility index (Phi) is 5.56.